The molecule has 0 aliphatic carbocycles. The van der Waals surface area contributed by atoms with Crippen LogP contribution in [0.4, 0.5) is 5.69 Å². The summed E-state index contributed by atoms with van der Waals surface area (Å²) in [5.74, 6) is -0.161. The van der Waals surface area contributed by atoms with Gasteiger partial charge >= 0.3 is 0 Å². The van der Waals surface area contributed by atoms with Gasteiger partial charge in [-0.25, -0.2) is 8.42 Å². The van der Waals surface area contributed by atoms with E-state index in [1.165, 1.54) is 23.4 Å². The van der Waals surface area contributed by atoms with Crippen molar-refractivity contribution in [2.45, 2.75) is 18.2 Å². The van der Waals surface area contributed by atoms with E-state index in [0.29, 0.717) is 29.2 Å². The summed E-state index contributed by atoms with van der Waals surface area (Å²) in [6.07, 6.45) is 0.627. The summed E-state index contributed by atoms with van der Waals surface area (Å²) >= 11 is 5.95. The molecule has 1 heterocycles. The van der Waals surface area contributed by atoms with Gasteiger partial charge < -0.3 is 0 Å². The molecule has 0 fully saturated rings. The number of anilines is 1. The molecule has 0 atom stereocenters. The normalized spacial score (nSPS) is 14.0. The van der Waals surface area contributed by atoms with Gasteiger partial charge in [-0.1, -0.05) is 23.7 Å². The van der Waals surface area contributed by atoms with Crippen molar-refractivity contribution in [1.82, 2.24) is 0 Å². The lowest BCUT2D eigenvalue weighted by atomic mass is 10.2. The third-order valence-corrected chi connectivity index (χ3v) is 5.77. The Hall–Kier alpha value is -1.85. The average Bonchev–Trinajstić information content (AvgIpc) is 2.91. The van der Waals surface area contributed by atoms with E-state index in [4.69, 9.17) is 11.6 Å². The lowest BCUT2D eigenvalue weighted by molar-refractivity contribution is 0.101. The van der Waals surface area contributed by atoms with Crippen LogP contribution in [-0.2, 0) is 16.4 Å². The van der Waals surface area contributed by atoms with Gasteiger partial charge in [0.05, 0.1) is 10.6 Å². The molecule has 0 bridgehead atoms. The zero-order chi connectivity index (χ0) is 15.9. The minimum Gasteiger partial charge on any atom is -0.295 e. The first-order valence-corrected chi connectivity index (χ1v) is 8.63. The van der Waals surface area contributed by atoms with Crippen molar-refractivity contribution in [1.29, 1.82) is 0 Å². The van der Waals surface area contributed by atoms with E-state index < -0.39 is 10.0 Å². The van der Waals surface area contributed by atoms with Crippen molar-refractivity contribution < 1.29 is 13.2 Å². The van der Waals surface area contributed by atoms with E-state index in [1.807, 2.05) is 0 Å². The number of fused-ring (bicyclic) bond motifs is 1. The van der Waals surface area contributed by atoms with Crippen LogP contribution in [0.15, 0.2) is 47.4 Å². The highest BCUT2D eigenvalue weighted by Crippen LogP contribution is 2.34. The van der Waals surface area contributed by atoms with Gasteiger partial charge in [-0.05, 0) is 49.2 Å². The zero-order valence-corrected chi connectivity index (χ0v) is 13.5. The van der Waals surface area contributed by atoms with Gasteiger partial charge in [-0.15, -0.1) is 0 Å². The van der Waals surface area contributed by atoms with E-state index in [9.17, 15) is 13.2 Å². The first kappa shape index (κ1) is 15.1. The first-order chi connectivity index (χ1) is 10.4. The maximum atomic E-state index is 12.8. The number of Topliss-reactive ketones (excluding diaryl/α,β-unsaturated/α-hetero) is 1. The Kier molecular flexibility index (Phi) is 3.70. The maximum Gasteiger partial charge on any atom is 0.264 e. The number of carbonyl (C=O) groups excluding carboxylic acids is 1. The van der Waals surface area contributed by atoms with Crippen LogP contribution in [-0.4, -0.2) is 20.7 Å². The highest BCUT2D eigenvalue weighted by molar-refractivity contribution is 7.92. The number of benzene rings is 2. The molecule has 0 saturated carbocycles. The SMILES string of the molecule is CC(=O)c1cccc(S(=O)(=O)N2CCc3cc(Cl)ccc32)c1. The number of ketones is 1. The Morgan fingerprint density at radius 1 is 1.18 bits per heavy atom. The Morgan fingerprint density at radius 2 is 1.95 bits per heavy atom. The van der Waals surface area contributed by atoms with E-state index in [2.05, 4.69) is 0 Å². The minimum absolute atomic E-state index is 0.128. The van der Waals surface area contributed by atoms with E-state index in [0.717, 1.165) is 5.56 Å². The fourth-order valence-electron chi connectivity index (χ4n) is 2.59. The summed E-state index contributed by atoms with van der Waals surface area (Å²) in [6, 6.07) is 11.3. The van der Waals surface area contributed by atoms with Crippen LogP contribution < -0.4 is 4.31 Å². The summed E-state index contributed by atoms with van der Waals surface area (Å²) < 4.78 is 27.1. The molecule has 1 aliphatic heterocycles. The molecular formula is C16H14ClNO3S. The first-order valence-electron chi connectivity index (χ1n) is 6.82. The predicted octanol–water partition coefficient (Wildman–Crippen LogP) is 3.29. The van der Waals surface area contributed by atoms with Crippen LogP contribution >= 0.6 is 11.6 Å². The Morgan fingerprint density at radius 3 is 2.68 bits per heavy atom. The number of sulfonamides is 1. The Labute approximate surface area is 134 Å². The van der Waals surface area contributed by atoms with E-state index >= 15 is 0 Å². The van der Waals surface area contributed by atoms with Gasteiger partial charge in [0.15, 0.2) is 5.78 Å². The number of rotatable bonds is 3. The molecule has 0 aromatic heterocycles. The van der Waals surface area contributed by atoms with E-state index in [-0.39, 0.29) is 10.7 Å². The molecule has 0 unspecified atom stereocenters. The van der Waals surface area contributed by atoms with Gasteiger partial charge in [0.1, 0.15) is 0 Å². The quantitative estimate of drug-likeness (QED) is 0.809. The van der Waals surface area contributed by atoms with Gasteiger partial charge in [-0.2, -0.15) is 0 Å². The molecule has 2 aromatic rings. The lowest BCUT2D eigenvalue weighted by Gasteiger charge is -2.20. The number of carbonyl (C=O) groups is 1. The fraction of sp³-hybridized carbons (Fsp3) is 0.188. The van der Waals surface area contributed by atoms with Crippen molar-refractivity contribution in [2.75, 3.05) is 10.8 Å². The summed E-state index contributed by atoms with van der Waals surface area (Å²) in [5.41, 5.74) is 1.95. The standard InChI is InChI=1S/C16H14ClNO3S/c1-11(19)12-3-2-4-15(10-12)22(20,21)18-8-7-13-9-14(17)5-6-16(13)18/h2-6,9-10H,7-8H2,1H3. The lowest BCUT2D eigenvalue weighted by Crippen LogP contribution is -2.29. The molecule has 4 nitrogen and oxygen atoms in total. The number of halogens is 1. The number of hydrogen-bond donors (Lipinski definition) is 0. The molecule has 2 aromatic carbocycles. The molecule has 3 rings (SSSR count). The maximum absolute atomic E-state index is 12.8. The molecule has 0 N–H and O–H groups in total. The molecule has 6 heteroatoms. The summed E-state index contributed by atoms with van der Waals surface area (Å²) in [7, 11) is -3.68. The van der Waals surface area contributed by atoms with Crippen LogP contribution in [0.5, 0.6) is 0 Å². The van der Waals surface area contributed by atoms with E-state index in [1.54, 1.807) is 30.3 Å². The molecule has 0 amide bonds. The summed E-state index contributed by atoms with van der Waals surface area (Å²) in [4.78, 5) is 11.6. The van der Waals surface area contributed by atoms with Crippen LogP contribution in [0, 0.1) is 0 Å². The average molecular weight is 336 g/mol. The Balaban J connectivity index is 2.06. The van der Waals surface area contributed by atoms with Gasteiger partial charge in [0.2, 0.25) is 0 Å². The monoisotopic (exact) mass is 335 g/mol. The highest BCUT2D eigenvalue weighted by atomic mass is 35.5. The fourth-order valence-corrected chi connectivity index (χ4v) is 4.34. The molecule has 22 heavy (non-hydrogen) atoms. The third kappa shape index (κ3) is 2.51. The minimum atomic E-state index is -3.68. The van der Waals surface area contributed by atoms with Crippen molar-refractivity contribution >= 4 is 33.1 Å². The highest BCUT2D eigenvalue weighted by Gasteiger charge is 2.31. The summed E-state index contributed by atoms with van der Waals surface area (Å²) in [6.45, 7) is 1.79. The molecule has 114 valence electrons. The second-order valence-corrected chi connectivity index (χ2v) is 7.48. The zero-order valence-electron chi connectivity index (χ0n) is 11.9. The van der Waals surface area contributed by atoms with Crippen molar-refractivity contribution in [3.63, 3.8) is 0 Å². The van der Waals surface area contributed by atoms with Gasteiger partial charge in [0.25, 0.3) is 10.0 Å². The predicted molar refractivity (Wildman–Crippen MR) is 86.1 cm³/mol. The number of hydrogen-bond acceptors (Lipinski definition) is 3. The topological polar surface area (TPSA) is 54.5 Å². The van der Waals surface area contributed by atoms with Crippen molar-refractivity contribution in [2.24, 2.45) is 0 Å². The van der Waals surface area contributed by atoms with Gasteiger partial charge in [-0.3, -0.25) is 9.10 Å². The second-order valence-electron chi connectivity index (χ2n) is 5.18. The van der Waals surface area contributed by atoms with Crippen LogP contribution in [0.3, 0.4) is 0 Å². The van der Waals surface area contributed by atoms with Crippen molar-refractivity contribution in [3.8, 4) is 0 Å². The van der Waals surface area contributed by atoms with Gasteiger partial charge in [0, 0.05) is 17.1 Å². The molecule has 0 radical (unpaired) electrons. The largest absolute Gasteiger partial charge is 0.295 e. The van der Waals surface area contributed by atoms with Crippen LogP contribution in [0.2, 0.25) is 5.02 Å². The Bertz CT molecular complexity index is 861. The molecule has 1 aliphatic rings. The molecule has 0 saturated heterocycles. The molecule has 0 spiro atoms. The second kappa shape index (κ2) is 5.41. The smallest absolute Gasteiger partial charge is 0.264 e. The molecular weight excluding hydrogens is 322 g/mol. The van der Waals surface area contributed by atoms with Crippen LogP contribution in [0.25, 0.3) is 0 Å². The van der Waals surface area contributed by atoms with Crippen LogP contribution in [0.1, 0.15) is 22.8 Å². The van der Waals surface area contributed by atoms with Crippen molar-refractivity contribution in [3.05, 3.63) is 58.6 Å². The third-order valence-electron chi connectivity index (χ3n) is 3.72. The summed E-state index contributed by atoms with van der Waals surface area (Å²) in [5, 5.41) is 0.594. The number of nitrogens with zero attached hydrogens (tertiary/aromatic N) is 1.